The van der Waals surface area contributed by atoms with E-state index in [0.717, 1.165) is 5.56 Å². The predicted octanol–water partition coefficient (Wildman–Crippen LogP) is 5.77. The van der Waals surface area contributed by atoms with Crippen molar-refractivity contribution in [3.05, 3.63) is 51.0 Å². The number of ether oxygens (including phenoxy) is 1. The summed E-state index contributed by atoms with van der Waals surface area (Å²) in [6.07, 6.45) is 0. The summed E-state index contributed by atoms with van der Waals surface area (Å²) in [6.45, 7) is 1.90. The average Bonchev–Trinajstić information content (AvgIpc) is 2.45. The fraction of sp³-hybridized carbons (Fsp3) is 0.133. The maximum absolute atomic E-state index is 6.10. The van der Waals surface area contributed by atoms with E-state index in [9.17, 15) is 0 Å². The molecule has 0 aliphatic carbocycles. The summed E-state index contributed by atoms with van der Waals surface area (Å²) in [5.41, 5.74) is 2.29. The van der Waals surface area contributed by atoms with E-state index < -0.39 is 0 Å². The quantitative estimate of drug-likeness (QED) is 0.667. The molecule has 116 valence electrons. The fourth-order valence-electron chi connectivity index (χ4n) is 1.80. The minimum absolute atomic E-state index is 0.379. The Kier molecular flexibility index (Phi) is 5.75. The average molecular weight is 376 g/mol. The maximum atomic E-state index is 6.10. The Bertz CT molecular complexity index is 722. The van der Waals surface area contributed by atoms with Crippen LogP contribution in [-0.2, 0) is 0 Å². The molecule has 2 rings (SSSR count). The number of halogens is 3. The minimum atomic E-state index is 0.379. The number of anilines is 2. The van der Waals surface area contributed by atoms with Crippen LogP contribution >= 0.6 is 47.0 Å². The van der Waals surface area contributed by atoms with Gasteiger partial charge in [0.15, 0.2) is 5.11 Å². The van der Waals surface area contributed by atoms with Crippen LogP contribution in [-0.4, -0.2) is 12.2 Å². The molecule has 7 heteroatoms. The van der Waals surface area contributed by atoms with Gasteiger partial charge in [0.1, 0.15) is 5.75 Å². The van der Waals surface area contributed by atoms with Crippen LogP contribution < -0.4 is 15.4 Å². The summed E-state index contributed by atoms with van der Waals surface area (Å²) in [5, 5.41) is 8.13. The monoisotopic (exact) mass is 374 g/mol. The Balaban J connectivity index is 2.17. The van der Waals surface area contributed by atoms with Gasteiger partial charge in [-0.05, 0) is 49.0 Å². The summed E-state index contributed by atoms with van der Waals surface area (Å²) in [6, 6.07) is 8.71. The molecule has 2 aromatic rings. The second-order valence-corrected chi connectivity index (χ2v) is 6.16. The molecule has 0 radical (unpaired) electrons. The Morgan fingerprint density at radius 1 is 1.00 bits per heavy atom. The number of hydrogen-bond acceptors (Lipinski definition) is 2. The normalized spacial score (nSPS) is 10.2. The van der Waals surface area contributed by atoms with Crippen LogP contribution in [0.5, 0.6) is 5.75 Å². The molecule has 0 atom stereocenters. The van der Waals surface area contributed by atoms with Crippen molar-refractivity contribution in [2.45, 2.75) is 6.92 Å². The van der Waals surface area contributed by atoms with Gasteiger partial charge in [0.25, 0.3) is 0 Å². The second-order valence-electron chi connectivity index (χ2n) is 4.50. The first-order valence-electron chi connectivity index (χ1n) is 6.28. The standard InChI is InChI=1S/C15H13Cl3N2OS/c1-8-5-13(14(21-2)7-10(8)17)20-15(22)19-12-4-3-9(16)6-11(12)18/h3-7H,1-2H3,(H2,19,20,22). The van der Waals surface area contributed by atoms with Crippen LogP contribution in [0.25, 0.3) is 0 Å². The van der Waals surface area contributed by atoms with Gasteiger partial charge in [-0.3, -0.25) is 0 Å². The van der Waals surface area contributed by atoms with Gasteiger partial charge in [-0.2, -0.15) is 0 Å². The Morgan fingerprint density at radius 2 is 1.68 bits per heavy atom. The lowest BCUT2D eigenvalue weighted by Gasteiger charge is -2.15. The summed E-state index contributed by atoms with van der Waals surface area (Å²) in [4.78, 5) is 0. The minimum Gasteiger partial charge on any atom is -0.495 e. The molecule has 2 aromatic carbocycles. The number of thiocarbonyl (C=S) groups is 1. The van der Waals surface area contributed by atoms with Crippen LogP contribution in [0.1, 0.15) is 5.56 Å². The van der Waals surface area contributed by atoms with E-state index in [1.165, 1.54) is 0 Å². The molecule has 0 aliphatic rings. The molecule has 0 aromatic heterocycles. The highest BCUT2D eigenvalue weighted by Crippen LogP contribution is 2.31. The summed E-state index contributed by atoms with van der Waals surface area (Å²) in [7, 11) is 1.57. The molecule has 0 saturated carbocycles. The highest BCUT2D eigenvalue weighted by molar-refractivity contribution is 7.80. The number of methoxy groups -OCH3 is 1. The van der Waals surface area contributed by atoms with E-state index in [-0.39, 0.29) is 0 Å². The number of nitrogens with one attached hydrogen (secondary N) is 2. The molecule has 0 fully saturated rings. The molecule has 0 unspecified atom stereocenters. The Labute approximate surface area is 149 Å². The Hall–Kier alpha value is -1.20. The van der Waals surface area contributed by atoms with Crippen molar-refractivity contribution in [3.8, 4) is 5.75 Å². The lowest BCUT2D eigenvalue weighted by Crippen LogP contribution is -2.19. The first-order valence-corrected chi connectivity index (χ1v) is 7.82. The third kappa shape index (κ3) is 4.17. The zero-order valence-corrected chi connectivity index (χ0v) is 14.9. The fourth-order valence-corrected chi connectivity index (χ4v) is 2.63. The van der Waals surface area contributed by atoms with Gasteiger partial charge in [-0.1, -0.05) is 34.8 Å². The molecular formula is C15H13Cl3N2OS. The first kappa shape index (κ1) is 17.2. The molecule has 0 amide bonds. The summed E-state index contributed by atoms with van der Waals surface area (Å²) < 4.78 is 5.29. The number of benzene rings is 2. The van der Waals surface area contributed by atoms with Crippen LogP contribution in [0.15, 0.2) is 30.3 Å². The molecule has 0 heterocycles. The van der Waals surface area contributed by atoms with Crippen LogP contribution in [0.4, 0.5) is 11.4 Å². The second kappa shape index (κ2) is 7.38. The summed E-state index contributed by atoms with van der Waals surface area (Å²) in [5.74, 6) is 0.599. The molecule has 22 heavy (non-hydrogen) atoms. The van der Waals surface area contributed by atoms with Gasteiger partial charge in [-0.15, -0.1) is 0 Å². The highest BCUT2D eigenvalue weighted by Gasteiger charge is 2.10. The molecule has 3 nitrogen and oxygen atoms in total. The van der Waals surface area contributed by atoms with E-state index in [1.807, 2.05) is 13.0 Å². The van der Waals surface area contributed by atoms with Crippen molar-refractivity contribution in [2.75, 3.05) is 17.7 Å². The largest absolute Gasteiger partial charge is 0.495 e. The van der Waals surface area contributed by atoms with Crippen LogP contribution in [0.3, 0.4) is 0 Å². The Morgan fingerprint density at radius 3 is 2.32 bits per heavy atom. The predicted molar refractivity (Wildman–Crippen MR) is 99.0 cm³/mol. The molecule has 2 N–H and O–H groups in total. The zero-order valence-electron chi connectivity index (χ0n) is 11.8. The SMILES string of the molecule is COc1cc(Cl)c(C)cc1NC(=S)Nc1ccc(Cl)cc1Cl. The smallest absolute Gasteiger partial charge is 0.175 e. The zero-order chi connectivity index (χ0) is 16.3. The molecule has 0 bridgehead atoms. The van der Waals surface area contributed by atoms with E-state index in [4.69, 9.17) is 51.8 Å². The van der Waals surface area contributed by atoms with Crippen molar-refractivity contribution >= 4 is 63.5 Å². The van der Waals surface area contributed by atoms with E-state index in [0.29, 0.717) is 37.3 Å². The molecule has 0 aliphatic heterocycles. The first-order chi connectivity index (χ1) is 10.4. The van der Waals surface area contributed by atoms with Gasteiger partial charge in [0.2, 0.25) is 0 Å². The van der Waals surface area contributed by atoms with Crippen molar-refractivity contribution in [1.29, 1.82) is 0 Å². The van der Waals surface area contributed by atoms with Crippen LogP contribution in [0.2, 0.25) is 15.1 Å². The van der Waals surface area contributed by atoms with E-state index in [1.54, 1.807) is 31.4 Å². The highest BCUT2D eigenvalue weighted by atomic mass is 35.5. The molecule has 0 saturated heterocycles. The molecular weight excluding hydrogens is 363 g/mol. The third-order valence-corrected chi connectivity index (χ3v) is 4.07. The van der Waals surface area contributed by atoms with Gasteiger partial charge >= 0.3 is 0 Å². The van der Waals surface area contributed by atoms with Crippen molar-refractivity contribution in [2.24, 2.45) is 0 Å². The van der Waals surface area contributed by atoms with Crippen molar-refractivity contribution < 1.29 is 4.74 Å². The number of hydrogen-bond donors (Lipinski definition) is 2. The van der Waals surface area contributed by atoms with Crippen molar-refractivity contribution in [3.63, 3.8) is 0 Å². The van der Waals surface area contributed by atoms with Gasteiger partial charge < -0.3 is 15.4 Å². The number of rotatable bonds is 3. The lowest BCUT2D eigenvalue weighted by molar-refractivity contribution is 0.417. The van der Waals surface area contributed by atoms with Crippen molar-refractivity contribution in [1.82, 2.24) is 0 Å². The van der Waals surface area contributed by atoms with Crippen LogP contribution in [0, 0.1) is 6.92 Å². The number of aryl methyl sites for hydroxylation is 1. The van der Waals surface area contributed by atoms with E-state index in [2.05, 4.69) is 10.6 Å². The van der Waals surface area contributed by atoms with Gasteiger partial charge in [0, 0.05) is 16.1 Å². The summed E-state index contributed by atoms with van der Waals surface area (Å²) >= 11 is 23.3. The van der Waals surface area contributed by atoms with E-state index >= 15 is 0 Å². The lowest BCUT2D eigenvalue weighted by atomic mass is 10.2. The third-order valence-electron chi connectivity index (χ3n) is 2.91. The van der Waals surface area contributed by atoms with Gasteiger partial charge in [-0.25, -0.2) is 0 Å². The maximum Gasteiger partial charge on any atom is 0.175 e. The topological polar surface area (TPSA) is 33.3 Å². The molecule has 0 spiro atoms. The van der Waals surface area contributed by atoms with Gasteiger partial charge in [0.05, 0.1) is 23.5 Å².